The Bertz CT molecular complexity index is 1210. The highest BCUT2D eigenvalue weighted by molar-refractivity contribution is 6.05. The molecule has 0 spiro atoms. The van der Waals surface area contributed by atoms with Crippen molar-refractivity contribution in [1.82, 2.24) is 19.8 Å². The van der Waals surface area contributed by atoms with Crippen LogP contribution in [0.2, 0.25) is 0 Å². The molecule has 0 radical (unpaired) electrons. The Labute approximate surface area is 199 Å². The molecule has 0 unspecified atom stereocenters. The lowest BCUT2D eigenvalue weighted by Crippen LogP contribution is -2.44. The first-order chi connectivity index (χ1) is 16.6. The van der Waals surface area contributed by atoms with Crippen molar-refractivity contribution in [3.63, 3.8) is 0 Å². The van der Waals surface area contributed by atoms with E-state index in [1.165, 1.54) is 30.6 Å². The second-order valence-corrected chi connectivity index (χ2v) is 8.43. The van der Waals surface area contributed by atoms with E-state index in [-0.39, 0.29) is 17.2 Å². The van der Waals surface area contributed by atoms with Crippen LogP contribution in [0.1, 0.15) is 21.5 Å². The van der Waals surface area contributed by atoms with E-state index in [0.717, 1.165) is 44.4 Å². The van der Waals surface area contributed by atoms with Gasteiger partial charge in [-0.15, -0.1) is 0 Å². The molecule has 1 amide bonds. The Balaban J connectivity index is 1.63. The maximum Gasteiger partial charge on any atom is 0.416 e. The van der Waals surface area contributed by atoms with Crippen molar-refractivity contribution >= 4 is 17.5 Å². The number of alkyl halides is 3. The molecule has 0 aliphatic carbocycles. The van der Waals surface area contributed by atoms with Crippen LogP contribution in [0.4, 0.5) is 29.2 Å². The average Bonchev–Trinajstić information content (AvgIpc) is 2.82. The minimum atomic E-state index is -4.59. The number of carbonyl (C=O) groups excluding carboxylic acids is 1. The van der Waals surface area contributed by atoms with Crippen molar-refractivity contribution in [3.05, 3.63) is 71.3 Å². The molecule has 0 atom stereocenters. The fourth-order valence-corrected chi connectivity index (χ4v) is 3.81. The van der Waals surface area contributed by atoms with Gasteiger partial charge in [-0.1, -0.05) is 12.1 Å². The Morgan fingerprint density at radius 1 is 1.03 bits per heavy atom. The van der Waals surface area contributed by atoms with Crippen LogP contribution in [0.25, 0.3) is 11.1 Å². The lowest BCUT2D eigenvalue weighted by Gasteiger charge is -2.32. The summed E-state index contributed by atoms with van der Waals surface area (Å²) >= 11 is 0. The van der Waals surface area contributed by atoms with Crippen LogP contribution in [0.15, 0.2) is 48.8 Å². The number of nitrogen functional groups attached to an aromatic ring is 1. The SMILES string of the molecule is CN1CCN(Cc2ccc(C(F)(F)F)cc2NC(=O)c2cc(-c3cnc(N)nc3)ccc2F)CC1. The summed E-state index contributed by atoms with van der Waals surface area (Å²) in [5, 5.41) is 2.50. The number of hydrogen-bond acceptors (Lipinski definition) is 6. The number of rotatable bonds is 5. The fourth-order valence-electron chi connectivity index (χ4n) is 3.81. The fraction of sp³-hybridized carbons (Fsp3) is 0.292. The topological polar surface area (TPSA) is 87.4 Å². The van der Waals surface area contributed by atoms with Gasteiger partial charge >= 0.3 is 6.18 Å². The van der Waals surface area contributed by atoms with Crippen LogP contribution >= 0.6 is 0 Å². The minimum absolute atomic E-state index is 0.00984. The molecule has 1 aromatic heterocycles. The normalized spacial score (nSPS) is 15.2. The van der Waals surface area contributed by atoms with Crippen molar-refractivity contribution in [3.8, 4) is 11.1 Å². The van der Waals surface area contributed by atoms with Crippen LogP contribution in [-0.4, -0.2) is 58.9 Å². The zero-order chi connectivity index (χ0) is 25.2. The van der Waals surface area contributed by atoms with Crippen molar-refractivity contribution in [2.45, 2.75) is 12.7 Å². The maximum atomic E-state index is 14.6. The predicted octanol–water partition coefficient (Wildman–Crippen LogP) is 3.88. The molecule has 1 saturated heterocycles. The summed E-state index contributed by atoms with van der Waals surface area (Å²) in [7, 11) is 2.00. The third kappa shape index (κ3) is 5.92. The molecule has 2 aromatic carbocycles. The zero-order valence-corrected chi connectivity index (χ0v) is 18.9. The van der Waals surface area contributed by atoms with Gasteiger partial charge in [-0.3, -0.25) is 9.69 Å². The summed E-state index contributed by atoms with van der Waals surface area (Å²) in [6, 6.07) is 7.09. The molecule has 4 rings (SSSR count). The summed E-state index contributed by atoms with van der Waals surface area (Å²) in [6.07, 6.45) is -1.73. The summed E-state index contributed by atoms with van der Waals surface area (Å²) in [5.41, 5.74) is 5.74. The number of aromatic nitrogens is 2. The molecule has 184 valence electrons. The Morgan fingerprint density at radius 2 is 1.71 bits per heavy atom. The number of carbonyl (C=O) groups is 1. The number of nitrogens with zero attached hydrogens (tertiary/aromatic N) is 4. The van der Waals surface area contributed by atoms with Gasteiger partial charge in [-0.05, 0) is 42.4 Å². The smallest absolute Gasteiger partial charge is 0.368 e. The number of anilines is 2. The molecule has 1 aliphatic rings. The standard InChI is InChI=1S/C24H24F4N6O/c1-33-6-8-34(9-7-33)14-16-2-4-18(24(26,27)28)11-21(16)32-22(35)19-10-15(3-5-20(19)25)17-12-30-23(29)31-13-17/h2-5,10-13H,6-9,14H2,1H3,(H,32,35)(H2,29,30,31). The maximum absolute atomic E-state index is 14.6. The van der Waals surface area contributed by atoms with Gasteiger partial charge in [-0.25, -0.2) is 14.4 Å². The third-order valence-electron chi connectivity index (χ3n) is 5.89. The highest BCUT2D eigenvalue weighted by atomic mass is 19.4. The number of nitrogens with two attached hydrogens (primary N) is 1. The molecule has 1 aliphatic heterocycles. The van der Waals surface area contributed by atoms with Crippen molar-refractivity contribution in [2.24, 2.45) is 0 Å². The number of amides is 1. The van der Waals surface area contributed by atoms with Gasteiger partial charge in [0.25, 0.3) is 5.91 Å². The summed E-state index contributed by atoms with van der Waals surface area (Å²) < 4.78 is 54.7. The first-order valence-corrected chi connectivity index (χ1v) is 10.9. The van der Waals surface area contributed by atoms with Gasteiger partial charge in [0.15, 0.2) is 0 Å². The second-order valence-electron chi connectivity index (χ2n) is 8.43. The molecule has 35 heavy (non-hydrogen) atoms. The molecule has 1 fully saturated rings. The van der Waals surface area contributed by atoms with Crippen molar-refractivity contribution in [1.29, 1.82) is 0 Å². The van der Waals surface area contributed by atoms with Gasteiger partial charge in [0.2, 0.25) is 5.95 Å². The molecule has 0 bridgehead atoms. The van der Waals surface area contributed by atoms with E-state index in [9.17, 15) is 22.4 Å². The molecule has 2 heterocycles. The van der Waals surface area contributed by atoms with Gasteiger partial charge in [0.05, 0.1) is 11.1 Å². The van der Waals surface area contributed by atoms with Crippen molar-refractivity contribution in [2.75, 3.05) is 44.3 Å². The Hall–Kier alpha value is -3.57. The highest BCUT2D eigenvalue weighted by Gasteiger charge is 2.31. The Kier molecular flexibility index (Phi) is 6.99. The number of piperazine rings is 1. The zero-order valence-electron chi connectivity index (χ0n) is 18.9. The van der Waals surface area contributed by atoms with Crippen LogP contribution in [0, 0.1) is 5.82 Å². The second kappa shape index (κ2) is 9.96. The largest absolute Gasteiger partial charge is 0.416 e. The van der Waals surface area contributed by atoms with Crippen molar-refractivity contribution < 1.29 is 22.4 Å². The monoisotopic (exact) mass is 488 g/mol. The first kappa shape index (κ1) is 24.6. The molecular formula is C24H24F4N6O. The van der Waals surface area contributed by atoms with E-state index in [4.69, 9.17) is 5.73 Å². The predicted molar refractivity (Wildman–Crippen MR) is 124 cm³/mol. The van der Waals surface area contributed by atoms with Gasteiger partial charge in [0.1, 0.15) is 5.82 Å². The average molecular weight is 488 g/mol. The van der Waals surface area contributed by atoms with E-state index in [1.807, 2.05) is 7.05 Å². The summed E-state index contributed by atoms with van der Waals surface area (Å²) in [6.45, 7) is 3.49. The number of nitrogens with one attached hydrogen (secondary N) is 1. The molecule has 3 aromatic rings. The number of benzene rings is 2. The van der Waals surface area contributed by atoms with E-state index >= 15 is 0 Å². The molecule has 3 N–H and O–H groups in total. The van der Waals surface area contributed by atoms with Gasteiger partial charge in [0, 0.05) is 56.4 Å². The minimum Gasteiger partial charge on any atom is -0.368 e. The molecule has 11 heteroatoms. The number of hydrogen-bond donors (Lipinski definition) is 2. The van der Waals surface area contributed by atoms with E-state index in [2.05, 4.69) is 25.1 Å². The number of halogens is 4. The van der Waals surface area contributed by atoms with Gasteiger partial charge < -0.3 is 16.0 Å². The molecule has 7 nitrogen and oxygen atoms in total. The first-order valence-electron chi connectivity index (χ1n) is 10.9. The Morgan fingerprint density at radius 3 is 2.37 bits per heavy atom. The quantitative estimate of drug-likeness (QED) is 0.530. The summed E-state index contributed by atoms with van der Waals surface area (Å²) in [5.74, 6) is -1.61. The third-order valence-corrected chi connectivity index (χ3v) is 5.89. The lowest BCUT2D eigenvalue weighted by molar-refractivity contribution is -0.137. The van der Waals surface area contributed by atoms with E-state index in [0.29, 0.717) is 23.2 Å². The van der Waals surface area contributed by atoms with Crippen LogP contribution < -0.4 is 11.1 Å². The van der Waals surface area contributed by atoms with Crippen LogP contribution in [0.3, 0.4) is 0 Å². The highest BCUT2D eigenvalue weighted by Crippen LogP contribution is 2.33. The molecular weight excluding hydrogens is 464 g/mol. The van der Waals surface area contributed by atoms with Gasteiger partial charge in [-0.2, -0.15) is 13.2 Å². The van der Waals surface area contributed by atoms with Crippen LogP contribution in [-0.2, 0) is 12.7 Å². The molecule has 0 saturated carbocycles. The van der Waals surface area contributed by atoms with E-state index in [1.54, 1.807) is 0 Å². The lowest BCUT2D eigenvalue weighted by atomic mass is 10.0. The van der Waals surface area contributed by atoms with E-state index < -0.39 is 23.5 Å². The number of likely N-dealkylation sites (N-methyl/N-ethyl adjacent to an activating group) is 1. The summed E-state index contributed by atoms with van der Waals surface area (Å²) in [4.78, 5) is 25.0. The van der Waals surface area contributed by atoms with Crippen LogP contribution in [0.5, 0.6) is 0 Å².